The van der Waals surface area contributed by atoms with E-state index in [4.69, 9.17) is 14.6 Å². The third kappa shape index (κ3) is 3.94. The topological polar surface area (TPSA) is 114 Å². The number of ether oxygens (including phenoxy) is 1. The zero-order chi connectivity index (χ0) is 22.7. The lowest BCUT2D eigenvalue weighted by molar-refractivity contribution is -0.122. The summed E-state index contributed by atoms with van der Waals surface area (Å²) in [5.74, 6) is 0.593. The fourth-order valence-electron chi connectivity index (χ4n) is 3.94. The van der Waals surface area contributed by atoms with Crippen LogP contribution in [0.15, 0.2) is 53.7 Å². The van der Waals surface area contributed by atoms with Crippen LogP contribution in [0.4, 0.5) is 5.69 Å². The van der Waals surface area contributed by atoms with E-state index in [0.717, 1.165) is 42.9 Å². The van der Waals surface area contributed by atoms with Crippen molar-refractivity contribution >= 4 is 38.8 Å². The van der Waals surface area contributed by atoms with Crippen molar-refractivity contribution in [2.45, 2.75) is 11.3 Å². The Morgan fingerprint density at radius 3 is 2.84 bits per heavy atom. The van der Waals surface area contributed by atoms with Gasteiger partial charge in [-0.1, -0.05) is 6.08 Å². The summed E-state index contributed by atoms with van der Waals surface area (Å²) < 4.78 is 34.1. The number of nitrogens with zero attached hydrogens (tertiary/aromatic N) is 3. The molecule has 0 fully saturated rings. The SMILES string of the molecule is CN1CCOc2cc(S(=O)(=O)n3cc(C4=CCNCC4)c4ncccc43)ccc21.O=CO. The minimum Gasteiger partial charge on any atom is -0.490 e. The number of benzene rings is 1. The molecule has 0 amide bonds. The Labute approximate surface area is 186 Å². The van der Waals surface area contributed by atoms with Gasteiger partial charge in [0.1, 0.15) is 12.4 Å². The van der Waals surface area contributed by atoms with Crippen molar-refractivity contribution in [2.75, 3.05) is 38.2 Å². The van der Waals surface area contributed by atoms with Gasteiger partial charge in [-0.3, -0.25) is 9.78 Å². The van der Waals surface area contributed by atoms with E-state index in [-0.39, 0.29) is 11.4 Å². The number of anilines is 1. The van der Waals surface area contributed by atoms with Gasteiger partial charge in [0.15, 0.2) is 0 Å². The molecular weight excluding hydrogens is 432 g/mol. The van der Waals surface area contributed by atoms with E-state index in [2.05, 4.69) is 21.3 Å². The van der Waals surface area contributed by atoms with Crippen LogP contribution in [0.1, 0.15) is 12.0 Å². The van der Waals surface area contributed by atoms with Crippen molar-refractivity contribution in [3.05, 3.63) is 54.4 Å². The molecule has 0 saturated heterocycles. The van der Waals surface area contributed by atoms with Crippen LogP contribution in [0.3, 0.4) is 0 Å². The highest BCUT2D eigenvalue weighted by atomic mass is 32.2. The number of fused-ring (bicyclic) bond motifs is 2. The van der Waals surface area contributed by atoms with Crippen molar-refractivity contribution in [1.29, 1.82) is 0 Å². The van der Waals surface area contributed by atoms with Crippen molar-refractivity contribution in [2.24, 2.45) is 0 Å². The highest BCUT2D eigenvalue weighted by Gasteiger charge is 2.25. The lowest BCUT2D eigenvalue weighted by Crippen LogP contribution is -2.29. The summed E-state index contributed by atoms with van der Waals surface area (Å²) in [6, 6.07) is 8.63. The smallest absolute Gasteiger partial charge is 0.290 e. The average Bonchev–Trinajstić information content (AvgIpc) is 3.21. The molecule has 0 atom stereocenters. The summed E-state index contributed by atoms with van der Waals surface area (Å²) in [7, 11) is -1.83. The highest BCUT2D eigenvalue weighted by molar-refractivity contribution is 7.90. The second kappa shape index (κ2) is 9.01. The maximum absolute atomic E-state index is 13.5. The summed E-state index contributed by atoms with van der Waals surface area (Å²) in [5.41, 5.74) is 4.18. The molecule has 32 heavy (non-hydrogen) atoms. The predicted molar refractivity (Wildman–Crippen MR) is 122 cm³/mol. The first kappa shape index (κ1) is 21.8. The molecule has 1 aromatic carbocycles. The van der Waals surface area contributed by atoms with E-state index in [1.807, 2.05) is 13.1 Å². The first-order valence-electron chi connectivity index (χ1n) is 10.1. The first-order valence-corrected chi connectivity index (χ1v) is 11.6. The average molecular weight is 457 g/mol. The standard InChI is InChI=1S/C21H22N4O3S.CH2O2/c1-24-11-12-28-20-13-16(4-5-18(20)24)29(26,27)25-14-17(15-6-9-22-10-7-15)21-19(25)3-2-8-23-21;2-1-3/h2-6,8,13-14,22H,7,9-12H2,1H3;1H,(H,2,3). The van der Waals surface area contributed by atoms with E-state index in [0.29, 0.717) is 23.4 Å². The van der Waals surface area contributed by atoms with E-state index >= 15 is 0 Å². The lowest BCUT2D eigenvalue weighted by Gasteiger charge is -2.27. The molecule has 5 rings (SSSR count). The molecule has 0 unspecified atom stereocenters. The molecule has 0 aliphatic carbocycles. The van der Waals surface area contributed by atoms with Crippen LogP contribution in [-0.2, 0) is 14.8 Å². The summed E-state index contributed by atoms with van der Waals surface area (Å²) >= 11 is 0. The summed E-state index contributed by atoms with van der Waals surface area (Å²) in [6.45, 7) is 2.71. The Bertz CT molecular complexity index is 1280. The largest absolute Gasteiger partial charge is 0.490 e. The Morgan fingerprint density at radius 1 is 1.28 bits per heavy atom. The number of nitrogens with one attached hydrogen (secondary N) is 1. The Balaban J connectivity index is 0.000000775. The van der Waals surface area contributed by atoms with Crippen molar-refractivity contribution in [1.82, 2.24) is 14.3 Å². The number of rotatable bonds is 3. The molecule has 4 heterocycles. The molecule has 2 aliphatic rings. The van der Waals surface area contributed by atoms with E-state index in [1.165, 1.54) is 3.97 Å². The van der Waals surface area contributed by atoms with Gasteiger partial charge in [-0.15, -0.1) is 0 Å². The molecular formula is C22H24N4O5S. The maximum Gasteiger partial charge on any atom is 0.290 e. The number of pyridine rings is 1. The van der Waals surface area contributed by atoms with Crippen LogP contribution in [0.2, 0.25) is 0 Å². The van der Waals surface area contributed by atoms with Crippen molar-refractivity contribution in [3.8, 4) is 5.75 Å². The van der Waals surface area contributed by atoms with Gasteiger partial charge >= 0.3 is 0 Å². The van der Waals surface area contributed by atoms with Crippen LogP contribution < -0.4 is 15.0 Å². The zero-order valence-electron chi connectivity index (χ0n) is 17.6. The van der Waals surface area contributed by atoms with Gasteiger partial charge in [0.25, 0.3) is 16.5 Å². The summed E-state index contributed by atoms with van der Waals surface area (Å²) in [4.78, 5) is 15.1. The van der Waals surface area contributed by atoms with Crippen molar-refractivity contribution < 1.29 is 23.1 Å². The quantitative estimate of drug-likeness (QED) is 0.577. The predicted octanol–water partition coefficient (Wildman–Crippen LogP) is 2.18. The van der Waals surface area contributed by atoms with Gasteiger partial charge in [-0.05, 0) is 42.8 Å². The summed E-state index contributed by atoms with van der Waals surface area (Å²) in [5, 5.41) is 10.2. The molecule has 2 N–H and O–H groups in total. The summed E-state index contributed by atoms with van der Waals surface area (Å²) in [6.07, 6.45) is 6.35. The monoisotopic (exact) mass is 456 g/mol. The van der Waals surface area contributed by atoms with Gasteiger partial charge in [0.05, 0.1) is 28.2 Å². The Morgan fingerprint density at radius 2 is 2.09 bits per heavy atom. The molecule has 0 saturated carbocycles. The first-order chi connectivity index (χ1) is 15.5. The number of aromatic nitrogens is 2. The van der Waals surface area contributed by atoms with Crippen LogP contribution in [0.25, 0.3) is 16.6 Å². The van der Waals surface area contributed by atoms with Gasteiger partial charge in [0, 0.05) is 37.6 Å². The van der Waals surface area contributed by atoms with E-state index in [9.17, 15) is 8.42 Å². The molecule has 3 aromatic rings. The van der Waals surface area contributed by atoms with Gasteiger partial charge in [-0.2, -0.15) is 0 Å². The number of hydrogen-bond acceptors (Lipinski definition) is 7. The number of likely N-dealkylation sites (N-methyl/N-ethyl adjacent to an activating group) is 1. The van der Waals surface area contributed by atoms with E-state index in [1.54, 1.807) is 36.7 Å². The van der Waals surface area contributed by atoms with Gasteiger partial charge in [0.2, 0.25) is 0 Å². The highest BCUT2D eigenvalue weighted by Crippen LogP contribution is 2.35. The van der Waals surface area contributed by atoms with Crippen LogP contribution in [0, 0.1) is 0 Å². The minimum absolute atomic E-state index is 0.207. The molecule has 0 spiro atoms. The molecule has 9 nitrogen and oxygen atoms in total. The minimum atomic E-state index is -3.80. The number of carboxylic acid groups (broad SMARTS) is 1. The van der Waals surface area contributed by atoms with Crippen LogP contribution >= 0.6 is 0 Å². The van der Waals surface area contributed by atoms with Crippen LogP contribution in [0.5, 0.6) is 5.75 Å². The molecule has 10 heteroatoms. The lowest BCUT2D eigenvalue weighted by atomic mass is 10.0. The molecule has 2 aromatic heterocycles. The van der Waals surface area contributed by atoms with Crippen LogP contribution in [-0.4, -0.2) is 62.2 Å². The zero-order valence-corrected chi connectivity index (χ0v) is 18.4. The Hall–Kier alpha value is -3.37. The van der Waals surface area contributed by atoms with Gasteiger partial charge in [-0.25, -0.2) is 12.4 Å². The molecule has 0 bridgehead atoms. The third-order valence-corrected chi connectivity index (χ3v) is 7.19. The van der Waals surface area contributed by atoms with Gasteiger partial charge < -0.3 is 20.1 Å². The molecule has 2 aliphatic heterocycles. The second-order valence-electron chi connectivity index (χ2n) is 7.40. The normalized spacial score (nSPS) is 15.8. The number of hydrogen-bond donors (Lipinski definition) is 2. The molecule has 168 valence electrons. The third-order valence-electron chi connectivity index (χ3n) is 5.52. The maximum atomic E-state index is 13.5. The van der Waals surface area contributed by atoms with E-state index < -0.39 is 10.0 Å². The Kier molecular flexibility index (Phi) is 6.15. The fraction of sp³-hybridized carbons (Fsp3) is 0.273. The second-order valence-corrected chi connectivity index (χ2v) is 9.22. The number of carbonyl (C=O) groups is 1. The fourth-order valence-corrected chi connectivity index (χ4v) is 5.32. The molecule has 0 radical (unpaired) electrons. The van der Waals surface area contributed by atoms with Crippen molar-refractivity contribution in [3.63, 3.8) is 0 Å².